The van der Waals surface area contributed by atoms with Crippen LogP contribution in [0.3, 0.4) is 0 Å². The largest absolute Gasteiger partial charge is 0.481 e. The quantitative estimate of drug-likeness (QED) is 0.825. The fraction of sp³-hybridized carbons (Fsp3) is 0.583. The third-order valence-corrected chi connectivity index (χ3v) is 2.75. The number of hydrogen-bond donors (Lipinski definition) is 1. The second-order valence-electron chi connectivity index (χ2n) is 4.43. The standard InChI is InChI=1S/C12H19N3O3/c1-9(2)14(8-5-11(16)17)12(18)10(3)15-7-4-6-13-15/h4,6-7,9-10H,5,8H2,1-3H3,(H,16,17). The zero-order chi connectivity index (χ0) is 13.7. The van der Waals surface area contributed by atoms with E-state index in [1.54, 1.807) is 35.0 Å². The summed E-state index contributed by atoms with van der Waals surface area (Å²) < 4.78 is 1.57. The summed E-state index contributed by atoms with van der Waals surface area (Å²) in [4.78, 5) is 24.4. The van der Waals surface area contributed by atoms with Crippen molar-refractivity contribution in [3.63, 3.8) is 0 Å². The van der Waals surface area contributed by atoms with Gasteiger partial charge >= 0.3 is 5.97 Å². The van der Waals surface area contributed by atoms with Crippen molar-refractivity contribution >= 4 is 11.9 Å². The van der Waals surface area contributed by atoms with Crippen molar-refractivity contribution in [2.75, 3.05) is 6.54 Å². The van der Waals surface area contributed by atoms with Crippen molar-refractivity contribution < 1.29 is 14.7 Å². The molecule has 0 aliphatic carbocycles. The van der Waals surface area contributed by atoms with Crippen LogP contribution in [-0.4, -0.2) is 44.3 Å². The van der Waals surface area contributed by atoms with Crippen molar-refractivity contribution in [2.24, 2.45) is 0 Å². The first-order chi connectivity index (χ1) is 8.43. The highest BCUT2D eigenvalue weighted by Gasteiger charge is 2.24. The van der Waals surface area contributed by atoms with Crippen LogP contribution < -0.4 is 0 Å². The lowest BCUT2D eigenvalue weighted by atomic mass is 10.2. The lowest BCUT2D eigenvalue weighted by molar-refractivity contribution is -0.140. The van der Waals surface area contributed by atoms with Gasteiger partial charge < -0.3 is 10.0 Å². The zero-order valence-electron chi connectivity index (χ0n) is 10.9. The molecule has 6 nitrogen and oxygen atoms in total. The molecule has 0 aliphatic heterocycles. The molecule has 0 saturated carbocycles. The molecule has 0 bridgehead atoms. The highest BCUT2D eigenvalue weighted by molar-refractivity contribution is 5.80. The number of rotatable bonds is 6. The van der Waals surface area contributed by atoms with E-state index in [9.17, 15) is 9.59 Å². The Morgan fingerprint density at radius 1 is 1.39 bits per heavy atom. The molecule has 1 heterocycles. The molecular weight excluding hydrogens is 234 g/mol. The summed E-state index contributed by atoms with van der Waals surface area (Å²) in [5.41, 5.74) is 0. The van der Waals surface area contributed by atoms with Crippen LogP contribution in [0, 0.1) is 0 Å². The van der Waals surface area contributed by atoms with Crippen LogP contribution >= 0.6 is 0 Å². The molecule has 18 heavy (non-hydrogen) atoms. The first-order valence-corrected chi connectivity index (χ1v) is 5.95. The van der Waals surface area contributed by atoms with Gasteiger partial charge in [0.05, 0.1) is 6.42 Å². The highest BCUT2D eigenvalue weighted by atomic mass is 16.4. The lowest BCUT2D eigenvalue weighted by Gasteiger charge is -2.29. The Labute approximate surface area is 106 Å². The van der Waals surface area contributed by atoms with E-state index in [-0.39, 0.29) is 24.9 Å². The van der Waals surface area contributed by atoms with Gasteiger partial charge in [-0.05, 0) is 26.8 Å². The SMILES string of the molecule is CC(C)N(CCC(=O)O)C(=O)C(C)n1cccn1. The first kappa shape index (κ1) is 14.2. The lowest BCUT2D eigenvalue weighted by Crippen LogP contribution is -2.42. The predicted molar refractivity (Wildman–Crippen MR) is 66.0 cm³/mol. The molecule has 0 aromatic carbocycles. The zero-order valence-corrected chi connectivity index (χ0v) is 10.9. The summed E-state index contributed by atoms with van der Waals surface area (Å²) >= 11 is 0. The highest BCUT2D eigenvalue weighted by Crippen LogP contribution is 2.12. The molecule has 1 rings (SSSR count). The number of carboxylic acids is 1. The van der Waals surface area contributed by atoms with Gasteiger partial charge in [0, 0.05) is 25.0 Å². The van der Waals surface area contributed by atoms with E-state index in [2.05, 4.69) is 5.10 Å². The van der Waals surface area contributed by atoms with Crippen LogP contribution in [0.15, 0.2) is 18.5 Å². The third-order valence-electron chi connectivity index (χ3n) is 2.75. The monoisotopic (exact) mass is 253 g/mol. The molecule has 0 radical (unpaired) electrons. The van der Waals surface area contributed by atoms with Crippen LogP contribution in [0.4, 0.5) is 0 Å². The number of carbonyl (C=O) groups excluding carboxylic acids is 1. The van der Waals surface area contributed by atoms with Crippen molar-refractivity contribution in [3.8, 4) is 0 Å². The van der Waals surface area contributed by atoms with E-state index >= 15 is 0 Å². The normalized spacial score (nSPS) is 12.4. The van der Waals surface area contributed by atoms with E-state index in [0.717, 1.165) is 0 Å². The minimum absolute atomic E-state index is 0.0325. The maximum absolute atomic E-state index is 12.3. The maximum atomic E-state index is 12.3. The first-order valence-electron chi connectivity index (χ1n) is 5.95. The summed E-state index contributed by atoms with van der Waals surface area (Å²) in [5.74, 6) is -1.02. The molecule has 1 N–H and O–H groups in total. The molecule has 1 unspecified atom stereocenters. The fourth-order valence-electron chi connectivity index (χ4n) is 1.70. The smallest absolute Gasteiger partial charge is 0.305 e. The second kappa shape index (κ2) is 6.18. The Kier molecular flexibility index (Phi) is 4.88. The molecular formula is C12H19N3O3. The maximum Gasteiger partial charge on any atom is 0.305 e. The Hall–Kier alpha value is -1.85. The number of aliphatic carboxylic acids is 1. The fourth-order valence-corrected chi connectivity index (χ4v) is 1.70. The van der Waals surface area contributed by atoms with E-state index in [0.29, 0.717) is 0 Å². The van der Waals surface area contributed by atoms with Crippen molar-refractivity contribution in [1.82, 2.24) is 14.7 Å². The number of carboxylic acid groups (broad SMARTS) is 1. The third kappa shape index (κ3) is 3.58. The number of carbonyl (C=O) groups is 2. The Bertz CT molecular complexity index is 401. The molecule has 6 heteroatoms. The Balaban J connectivity index is 2.73. The van der Waals surface area contributed by atoms with Gasteiger partial charge in [-0.3, -0.25) is 14.3 Å². The number of hydrogen-bond acceptors (Lipinski definition) is 3. The summed E-state index contributed by atoms with van der Waals surface area (Å²) in [5, 5.41) is 12.7. The van der Waals surface area contributed by atoms with E-state index < -0.39 is 12.0 Å². The molecule has 1 aromatic heterocycles. The summed E-state index contributed by atoms with van der Waals surface area (Å²) in [7, 11) is 0. The van der Waals surface area contributed by atoms with Crippen LogP contribution in [0.2, 0.25) is 0 Å². The van der Waals surface area contributed by atoms with Gasteiger partial charge in [0.2, 0.25) is 5.91 Å². The minimum atomic E-state index is -0.903. The molecule has 0 saturated heterocycles. The minimum Gasteiger partial charge on any atom is -0.481 e. The molecule has 100 valence electrons. The molecule has 1 atom stereocenters. The topological polar surface area (TPSA) is 75.4 Å². The van der Waals surface area contributed by atoms with Crippen LogP contribution in [0.5, 0.6) is 0 Å². The van der Waals surface area contributed by atoms with Gasteiger partial charge in [0.1, 0.15) is 6.04 Å². The van der Waals surface area contributed by atoms with Gasteiger partial charge in [-0.1, -0.05) is 0 Å². The van der Waals surface area contributed by atoms with Crippen LogP contribution in [0.25, 0.3) is 0 Å². The van der Waals surface area contributed by atoms with E-state index in [4.69, 9.17) is 5.11 Å². The second-order valence-corrected chi connectivity index (χ2v) is 4.43. The van der Waals surface area contributed by atoms with Crippen molar-refractivity contribution in [1.29, 1.82) is 0 Å². The van der Waals surface area contributed by atoms with Gasteiger partial charge in [-0.15, -0.1) is 0 Å². The van der Waals surface area contributed by atoms with Gasteiger partial charge in [-0.2, -0.15) is 5.10 Å². The van der Waals surface area contributed by atoms with Crippen LogP contribution in [0.1, 0.15) is 33.2 Å². The van der Waals surface area contributed by atoms with E-state index in [1.165, 1.54) is 0 Å². The van der Waals surface area contributed by atoms with Gasteiger partial charge in [-0.25, -0.2) is 0 Å². The number of nitrogens with zero attached hydrogens (tertiary/aromatic N) is 3. The average Bonchev–Trinajstić information content (AvgIpc) is 2.80. The summed E-state index contributed by atoms with van der Waals surface area (Å²) in [6.45, 7) is 5.72. The molecule has 1 aromatic rings. The molecule has 0 fully saturated rings. The summed E-state index contributed by atoms with van der Waals surface area (Å²) in [6, 6.07) is 1.30. The Morgan fingerprint density at radius 3 is 2.50 bits per heavy atom. The average molecular weight is 253 g/mol. The molecule has 0 spiro atoms. The van der Waals surface area contributed by atoms with Gasteiger partial charge in [0.15, 0.2) is 0 Å². The van der Waals surface area contributed by atoms with Gasteiger partial charge in [0.25, 0.3) is 0 Å². The predicted octanol–water partition coefficient (Wildman–Crippen LogP) is 1.16. The Morgan fingerprint density at radius 2 is 2.06 bits per heavy atom. The number of aromatic nitrogens is 2. The summed E-state index contributed by atoms with van der Waals surface area (Å²) in [6.07, 6.45) is 3.29. The van der Waals surface area contributed by atoms with Crippen LogP contribution in [-0.2, 0) is 9.59 Å². The number of amides is 1. The van der Waals surface area contributed by atoms with Crippen molar-refractivity contribution in [3.05, 3.63) is 18.5 Å². The van der Waals surface area contributed by atoms with E-state index in [1.807, 2.05) is 13.8 Å². The van der Waals surface area contributed by atoms with Crippen molar-refractivity contribution in [2.45, 2.75) is 39.3 Å². The molecule has 1 amide bonds. The molecule has 0 aliphatic rings.